The number of hydrogen-bond acceptors (Lipinski definition) is 5. The predicted octanol–water partition coefficient (Wildman–Crippen LogP) is 3.91. The first kappa shape index (κ1) is 18.4. The maximum atomic E-state index is 12.4. The zero-order valence-electron chi connectivity index (χ0n) is 15.2. The van der Waals surface area contributed by atoms with Gasteiger partial charge in [-0.3, -0.25) is 4.90 Å². The second-order valence-corrected chi connectivity index (χ2v) is 7.54. The molecule has 0 saturated carbocycles. The van der Waals surface area contributed by atoms with E-state index in [1.54, 1.807) is 12.1 Å². The molecule has 1 aliphatic rings. The molecule has 2 atom stereocenters. The van der Waals surface area contributed by atoms with Crippen LogP contribution < -0.4 is 0 Å². The summed E-state index contributed by atoms with van der Waals surface area (Å²) in [6.07, 6.45) is -0.247. The van der Waals surface area contributed by atoms with E-state index in [0.29, 0.717) is 5.69 Å². The first-order valence-electron chi connectivity index (χ1n) is 8.35. The Kier molecular flexibility index (Phi) is 5.59. The largest absolute Gasteiger partial charge is 0.444 e. The molecule has 0 spiro atoms. The SMILES string of the molecule is C[C@@H]1CN(Cc2ccc(N=O)cc2)C[C@H](C)N1C(=O)OC(C)(C)C. The summed E-state index contributed by atoms with van der Waals surface area (Å²) in [5, 5.41) is 2.92. The number of amides is 1. The van der Waals surface area contributed by atoms with Crippen LogP contribution in [0.1, 0.15) is 40.2 Å². The van der Waals surface area contributed by atoms with Crippen molar-refractivity contribution in [3.63, 3.8) is 0 Å². The molecule has 132 valence electrons. The van der Waals surface area contributed by atoms with Crippen LogP contribution in [0.15, 0.2) is 29.4 Å². The number of ether oxygens (including phenoxy) is 1. The standard InChI is InChI=1S/C18H27N3O3/c1-13-10-20(12-15-6-8-16(19-23)9-7-15)11-14(2)21(13)17(22)24-18(3,4)5/h6-9,13-14H,10-12H2,1-5H3/t13-,14+. The molecular weight excluding hydrogens is 306 g/mol. The lowest BCUT2D eigenvalue weighted by atomic mass is 10.1. The van der Waals surface area contributed by atoms with E-state index < -0.39 is 5.60 Å². The van der Waals surface area contributed by atoms with Crippen LogP contribution in [0.2, 0.25) is 0 Å². The van der Waals surface area contributed by atoms with Gasteiger partial charge in [0.05, 0.1) is 0 Å². The van der Waals surface area contributed by atoms with Gasteiger partial charge in [-0.2, -0.15) is 0 Å². The van der Waals surface area contributed by atoms with Crippen LogP contribution >= 0.6 is 0 Å². The smallest absolute Gasteiger partial charge is 0.410 e. The Labute approximate surface area is 143 Å². The molecule has 2 rings (SSSR count). The molecule has 1 amide bonds. The van der Waals surface area contributed by atoms with Crippen LogP contribution in [0, 0.1) is 4.91 Å². The van der Waals surface area contributed by atoms with E-state index in [1.165, 1.54) is 0 Å². The molecule has 1 aliphatic heterocycles. The van der Waals surface area contributed by atoms with E-state index >= 15 is 0 Å². The third-order valence-electron chi connectivity index (χ3n) is 4.05. The average Bonchev–Trinajstić information content (AvgIpc) is 2.45. The predicted molar refractivity (Wildman–Crippen MR) is 94.2 cm³/mol. The molecule has 6 nitrogen and oxygen atoms in total. The van der Waals surface area contributed by atoms with E-state index in [0.717, 1.165) is 25.2 Å². The number of benzene rings is 1. The molecular formula is C18H27N3O3. The maximum absolute atomic E-state index is 12.4. The summed E-state index contributed by atoms with van der Waals surface area (Å²) < 4.78 is 5.53. The number of piperazine rings is 1. The summed E-state index contributed by atoms with van der Waals surface area (Å²) in [6.45, 7) is 12.1. The van der Waals surface area contributed by atoms with Crippen molar-refractivity contribution in [1.29, 1.82) is 0 Å². The highest BCUT2D eigenvalue weighted by Gasteiger charge is 2.35. The first-order valence-corrected chi connectivity index (χ1v) is 8.35. The van der Waals surface area contributed by atoms with Crippen molar-refractivity contribution >= 4 is 11.8 Å². The normalized spacial score (nSPS) is 22.3. The van der Waals surface area contributed by atoms with Crippen LogP contribution in [-0.2, 0) is 11.3 Å². The second kappa shape index (κ2) is 7.30. The molecule has 24 heavy (non-hydrogen) atoms. The highest BCUT2D eigenvalue weighted by Crippen LogP contribution is 2.22. The molecule has 1 fully saturated rings. The van der Waals surface area contributed by atoms with Gasteiger partial charge in [0, 0.05) is 31.7 Å². The fraction of sp³-hybridized carbons (Fsp3) is 0.611. The van der Waals surface area contributed by atoms with Gasteiger partial charge in [-0.1, -0.05) is 12.1 Å². The number of carbonyl (C=O) groups excluding carboxylic acids is 1. The van der Waals surface area contributed by atoms with Crippen LogP contribution in [0.3, 0.4) is 0 Å². The number of hydrogen-bond donors (Lipinski definition) is 0. The molecule has 0 unspecified atom stereocenters. The van der Waals surface area contributed by atoms with Gasteiger partial charge in [0.1, 0.15) is 11.3 Å². The van der Waals surface area contributed by atoms with Gasteiger partial charge in [0.15, 0.2) is 0 Å². The minimum Gasteiger partial charge on any atom is -0.444 e. The van der Waals surface area contributed by atoms with Crippen molar-refractivity contribution < 1.29 is 9.53 Å². The van der Waals surface area contributed by atoms with Crippen LogP contribution in [0.5, 0.6) is 0 Å². The average molecular weight is 333 g/mol. The molecule has 0 radical (unpaired) electrons. The Morgan fingerprint density at radius 3 is 2.17 bits per heavy atom. The third kappa shape index (κ3) is 4.77. The Morgan fingerprint density at radius 1 is 1.17 bits per heavy atom. The summed E-state index contributed by atoms with van der Waals surface area (Å²) in [7, 11) is 0. The highest BCUT2D eigenvalue weighted by atomic mass is 16.6. The Hall–Kier alpha value is -1.95. The van der Waals surface area contributed by atoms with Crippen LogP contribution in [0.4, 0.5) is 10.5 Å². The lowest BCUT2D eigenvalue weighted by Crippen LogP contribution is -2.59. The van der Waals surface area contributed by atoms with E-state index in [2.05, 4.69) is 10.1 Å². The minimum absolute atomic E-state index is 0.0829. The molecule has 1 heterocycles. The zero-order valence-corrected chi connectivity index (χ0v) is 15.2. The van der Waals surface area contributed by atoms with Gasteiger partial charge in [0.25, 0.3) is 0 Å². The van der Waals surface area contributed by atoms with Gasteiger partial charge in [-0.05, 0) is 57.5 Å². The van der Waals surface area contributed by atoms with Crippen molar-refractivity contribution in [2.24, 2.45) is 5.18 Å². The van der Waals surface area contributed by atoms with Gasteiger partial charge in [0.2, 0.25) is 0 Å². The third-order valence-corrected chi connectivity index (χ3v) is 4.05. The molecule has 1 aromatic rings. The van der Waals surface area contributed by atoms with Gasteiger partial charge in [-0.25, -0.2) is 4.79 Å². The second-order valence-electron chi connectivity index (χ2n) is 7.54. The molecule has 6 heteroatoms. The van der Waals surface area contributed by atoms with E-state index in [-0.39, 0.29) is 18.2 Å². The van der Waals surface area contributed by atoms with Gasteiger partial charge >= 0.3 is 6.09 Å². The summed E-state index contributed by atoms with van der Waals surface area (Å²) in [5.41, 5.74) is 1.09. The Morgan fingerprint density at radius 2 is 1.71 bits per heavy atom. The van der Waals surface area contributed by atoms with Crippen LogP contribution in [0.25, 0.3) is 0 Å². The molecule has 1 saturated heterocycles. The molecule has 0 aromatic heterocycles. The van der Waals surface area contributed by atoms with E-state index in [4.69, 9.17) is 4.74 Å². The summed E-state index contributed by atoms with van der Waals surface area (Å²) >= 11 is 0. The van der Waals surface area contributed by atoms with Crippen molar-refractivity contribution in [2.75, 3.05) is 13.1 Å². The fourth-order valence-electron chi connectivity index (χ4n) is 3.16. The topological polar surface area (TPSA) is 62.2 Å². The molecule has 0 aliphatic carbocycles. The summed E-state index contributed by atoms with van der Waals surface area (Å²) in [5.74, 6) is 0. The number of carbonyl (C=O) groups is 1. The monoisotopic (exact) mass is 333 g/mol. The molecule has 1 aromatic carbocycles. The lowest BCUT2D eigenvalue weighted by Gasteiger charge is -2.44. The maximum Gasteiger partial charge on any atom is 0.410 e. The quantitative estimate of drug-likeness (QED) is 0.787. The van der Waals surface area contributed by atoms with E-state index in [1.807, 2.05) is 51.7 Å². The van der Waals surface area contributed by atoms with Crippen molar-refractivity contribution in [1.82, 2.24) is 9.80 Å². The van der Waals surface area contributed by atoms with Gasteiger partial charge in [-0.15, -0.1) is 4.91 Å². The number of nitroso groups, excluding NO2 is 1. The summed E-state index contributed by atoms with van der Waals surface area (Å²) in [4.78, 5) is 27.1. The van der Waals surface area contributed by atoms with Crippen molar-refractivity contribution in [2.45, 2.75) is 58.8 Å². The molecule has 0 N–H and O–H groups in total. The summed E-state index contributed by atoms with van der Waals surface area (Å²) in [6, 6.07) is 7.47. The Balaban J connectivity index is 1.98. The van der Waals surface area contributed by atoms with Crippen molar-refractivity contribution in [3.05, 3.63) is 34.7 Å². The van der Waals surface area contributed by atoms with E-state index in [9.17, 15) is 9.70 Å². The fourth-order valence-corrected chi connectivity index (χ4v) is 3.16. The minimum atomic E-state index is -0.484. The Bertz CT molecular complexity index is 568. The lowest BCUT2D eigenvalue weighted by molar-refractivity contribution is -0.0162. The first-order chi connectivity index (χ1) is 11.2. The number of nitrogens with zero attached hydrogens (tertiary/aromatic N) is 3. The van der Waals surface area contributed by atoms with Gasteiger partial charge < -0.3 is 9.64 Å². The van der Waals surface area contributed by atoms with Crippen molar-refractivity contribution in [3.8, 4) is 0 Å². The van der Waals surface area contributed by atoms with Crippen LogP contribution in [-0.4, -0.2) is 46.7 Å². The zero-order chi connectivity index (χ0) is 17.9. The number of rotatable bonds is 3. The highest BCUT2D eigenvalue weighted by molar-refractivity contribution is 5.69. The molecule has 0 bridgehead atoms.